The van der Waals surface area contributed by atoms with Crippen molar-refractivity contribution in [1.82, 2.24) is 5.32 Å². The first kappa shape index (κ1) is 14.4. The van der Waals surface area contributed by atoms with Crippen LogP contribution in [-0.4, -0.2) is 25.0 Å². The van der Waals surface area contributed by atoms with Crippen molar-refractivity contribution in [3.05, 3.63) is 29.3 Å². The third-order valence-electron chi connectivity index (χ3n) is 3.51. The van der Waals surface area contributed by atoms with Crippen molar-refractivity contribution in [2.45, 2.75) is 26.7 Å². The molecule has 0 aliphatic heterocycles. The Hall–Kier alpha value is -2.04. The maximum atomic E-state index is 11.8. The molecule has 5 heteroatoms. The molecule has 108 valence electrons. The molecule has 0 heterocycles. The molecule has 3 N–H and O–H groups in total. The van der Waals surface area contributed by atoms with Gasteiger partial charge in [0.2, 0.25) is 11.8 Å². The molecule has 0 spiro atoms. The number of aryl methyl sites for hydroxylation is 2. The molecule has 0 unspecified atom stereocenters. The van der Waals surface area contributed by atoms with Gasteiger partial charge in [-0.25, -0.2) is 0 Å². The van der Waals surface area contributed by atoms with Gasteiger partial charge in [0.15, 0.2) is 0 Å². The molecular weight excluding hydrogens is 256 g/mol. The molecule has 1 aliphatic carbocycles. The summed E-state index contributed by atoms with van der Waals surface area (Å²) in [6.45, 7) is 4.74. The summed E-state index contributed by atoms with van der Waals surface area (Å²) in [6.07, 6.45) is 1.10. The van der Waals surface area contributed by atoms with Gasteiger partial charge in [-0.15, -0.1) is 0 Å². The second kappa shape index (κ2) is 5.53. The van der Waals surface area contributed by atoms with Crippen molar-refractivity contribution < 1.29 is 14.3 Å². The first-order valence-corrected chi connectivity index (χ1v) is 6.73. The zero-order valence-electron chi connectivity index (χ0n) is 11.9. The molecule has 1 saturated carbocycles. The minimum absolute atomic E-state index is 0.283. The van der Waals surface area contributed by atoms with E-state index in [9.17, 15) is 9.59 Å². The smallest absolute Gasteiger partial charge is 0.235 e. The van der Waals surface area contributed by atoms with Crippen LogP contribution in [0.3, 0.4) is 0 Å². The van der Waals surface area contributed by atoms with Crippen LogP contribution in [0.5, 0.6) is 5.75 Å². The quantitative estimate of drug-likeness (QED) is 0.602. The highest BCUT2D eigenvalue weighted by Gasteiger charge is 2.55. The lowest BCUT2D eigenvalue weighted by molar-refractivity contribution is -0.135. The van der Waals surface area contributed by atoms with Crippen LogP contribution in [0.2, 0.25) is 0 Å². The maximum absolute atomic E-state index is 11.8. The number of ether oxygens (including phenoxy) is 1. The number of carbonyl (C=O) groups is 2. The van der Waals surface area contributed by atoms with Crippen molar-refractivity contribution in [3.8, 4) is 5.75 Å². The Labute approximate surface area is 118 Å². The van der Waals surface area contributed by atoms with Crippen LogP contribution in [0.15, 0.2) is 18.2 Å². The minimum atomic E-state index is -0.958. The maximum Gasteiger partial charge on any atom is 0.235 e. The molecular formula is C15H20N2O3. The summed E-state index contributed by atoms with van der Waals surface area (Å²) >= 11 is 0. The third kappa shape index (κ3) is 3.10. The van der Waals surface area contributed by atoms with Gasteiger partial charge in [-0.2, -0.15) is 0 Å². The summed E-state index contributed by atoms with van der Waals surface area (Å²) in [5.41, 5.74) is 6.54. The number of amides is 2. The van der Waals surface area contributed by atoms with Crippen LogP contribution >= 0.6 is 0 Å². The number of hydrogen-bond donors (Lipinski definition) is 2. The lowest BCUT2D eigenvalue weighted by Crippen LogP contribution is -2.41. The highest BCUT2D eigenvalue weighted by Crippen LogP contribution is 2.45. The molecule has 0 radical (unpaired) electrons. The molecule has 5 nitrogen and oxygen atoms in total. The molecule has 1 aromatic rings. The average molecular weight is 276 g/mol. The predicted molar refractivity (Wildman–Crippen MR) is 75.3 cm³/mol. The van der Waals surface area contributed by atoms with E-state index in [1.807, 2.05) is 26.0 Å². The average Bonchev–Trinajstić information content (AvgIpc) is 3.14. The second-order valence-electron chi connectivity index (χ2n) is 5.37. The Kier molecular flexibility index (Phi) is 3.97. The van der Waals surface area contributed by atoms with Crippen molar-refractivity contribution in [2.24, 2.45) is 11.1 Å². The number of nitrogens with one attached hydrogen (secondary N) is 1. The molecule has 0 atom stereocenters. The third-order valence-corrected chi connectivity index (χ3v) is 3.51. The topological polar surface area (TPSA) is 81.4 Å². The van der Waals surface area contributed by atoms with Crippen molar-refractivity contribution in [2.75, 3.05) is 13.2 Å². The van der Waals surface area contributed by atoms with Gasteiger partial charge in [-0.05, 0) is 49.9 Å². The number of benzene rings is 1. The van der Waals surface area contributed by atoms with Crippen LogP contribution in [0, 0.1) is 19.3 Å². The van der Waals surface area contributed by atoms with E-state index in [0.29, 0.717) is 26.0 Å². The van der Waals surface area contributed by atoms with E-state index in [1.165, 1.54) is 0 Å². The number of rotatable bonds is 6. The van der Waals surface area contributed by atoms with Crippen LogP contribution in [-0.2, 0) is 9.59 Å². The fourth-order valence-electron chi connectivity index (χ4n) is 2.23. The van der Waals surface area contributed by atoms with E-state index in [4.69, 9.17) is 10.5 Å². The van der Waals surface area contributed by atoms with E-state index < -0.39 is 11.3 Å². The van der Waals surface area contributed by atoms with E-state index in [-0.39, 0.29) is 5.91 Å². The molecule has 0 bridgehead atoms. The Balaban J connectivity index is 1.77. The Bertz CT molecular complexity index is 516. The van der Waals surface area contributed by atoms with Crippen molar-refractivity contribution >= 4 is 11.8 Å². The number of nitrogens with two attached hydrogens (primary N) is 1. The Morgan fingerprint density at radius 2 is 1.85 bits per heavy atom. The Morgan fingerprint density at radius 1 is 1.25 bits per heavy atom. The van der Waals surface area contributed by atoms with Crippen molar-refractivity contribution in [3.63, 3.8) is 0 Å². The van der Waals surface area contributed by atoms with Crippen molar-refractivity contribution in [1.29, 1.82) is 0 Å². The van der Waals surface area contributed by atoms with Crippen LogP contribution in [0.1, 0.15) is 24.0 Å². The summed E-state index contributed by atoms with van der Waals surface area (Å²) < 4.78 is 5.58. The monoisotopic (exact) mass is 276 g/mol. The second-order valence-corrected chi connectivity index (χ2v) is 5.37. The number of primary amides is 1. The van der Waals surface area contributed by atoms with Crippen LogP contribution in [0.4, 0.5) is 0 Å². The van der Waals surface area contributed by atoms with Gasteiger partial charge in [0.1, 0.15) is 17.8 Å². The summed E-state index contributed by atoms with van der Waals surface area (Å²) in [7, 11) is 0. The summed E-state index contributed by atoms with van der Waals surface area (Å²) in [5.74, 6) is -0.0352. The van der Waals surface area contributed by atoms with Gasteiger partial charge in [-0.1, -0.05) is 6.07 Å². The van der Waals surface area contributed by atoms with E-state index in [2.05, 4.69) is 11.4 Å². The van der Waals surface area contributed by atoms with Crippen LogP contribution in [0.25, 0.3) is 0 Å². The first-order chi connectivity index (χ1) is 9.44. The van der Waals surface area contributed by atoms with Gasteiger partial charge in [0, 0.05) is 0 Å². The summed E-state index contributed by atoms with van der Waals surface area (Å²) in [5, 5.41) is 2.70. The molecule has 20 heavy (non-hydrogen) atoms. The fourth-order valence-corrected chi connectivity index (χ4v) is 2.23. The summed E-state index contributed by atoms with van der Waals surface area (Å²) in [6, 6.07) is 5.96. The number of hydrogen-bond acceptors (Lipinski definition) is 3. The standard InChI is InChI=1S/C15H20N2O3/c1-10-7-11(2)9-12(8-10)20-6-5-17-14(19)15(3-4-15)13(16)18/h7-9H,3-6H2,1-2H3,(H2,16,18)(H,17,19). The summed E-state index contributed by atoms with van der Waals surface area (Å²) in [4.78, 5) is 23.0. The molecule has 1 aliphatic rings. The van der Waals surface area contributed by atoms with E-state index >= 15 is 0 Å². The van der Waals surface area contributed by atoms with Gasteiger partial charge >= 0.3 is 0 Å². The molecule has 1 aromatic carbocycles. The molecule has 0 saturated heterocycles. The highest BCUT2D eigenvalue weighted by molar-refractivity contribution is 6.07. The molecule has 2 amide bonds. The van der Waals surface area contributed by atoms with E-state index in [0.717, 1.165) is 16.9 Å². The van der Waals surface area contributed by atoms with Gasteiger partial charge in [0.05, 0.1) is 6.54 Å². The van der Waals surface area contributed by atoms with Gasteiger partial charge in [-0.3, -0.25) is 9.59 Å². The first-order valence-electron chi connectivity index (χ1n) is 6.73. The largest absolute Gasteiger partial charge is 0.492 e. The zero-order chi connectivity index (χ0) is 14.8. The lowest BCUT2D eigenvalue weighted by atomic mass is 10.1. The normalized spacial score (nSPS) is 15.5. The molecule has 2 rings (SSSR count). The zero-order valence-corrected chi connectivity index (χ0v) is 11.9. The lowest BCUT2D eigenvalue weighted by Gasteiger charge is -2.12. The highest BCUT2D eigenvalue weighted by atomic mass is 16.5. The van der Waals surface area contributed by atoms with E-state index in [1.54, 1.807) is 0 Å². The van der Waals surface area contributed by atoms with Gasteiger partial charge < -0.3 is 15.8 Å². The number of carbonyl (C=O) groups excluding carboxylic acids is 2. The van der Waals surface area contributed by atoms with Crippen LogP contribution < -0.4 is 15.8 Å². The molecule has 0 aromatic heterocycles. The Morgan fingerprint density at radius 3 is 2.35 bits per heavy atom. The molecule has 1 fully saturated rings. The fraction of sp³-hybridized carbons (Fsp3) is 0.467. The predicted octanol–water partition coefficient (Wildman–Crippen LogP) is 1.06. The van der Waals surface area contributed by atoms with Gasteiger partial charge in [0.25, 0.3) is 0 Å². The minimum Gasteiger partial charge on any atom is -0.492 e. The SMILES string of the molecule is Cc1cc(C)cc(OCCNC(=O)C2(C(N)=O)CC2)c1.